The lowest BCUT2D eigenvalue weighted by Crippen LogP contribution is -2.46. The van der Waals surface area contributed by atoms with Gasteiger partial charge in [-0.2, -0.15) is 17.5 Å². The summed E-state index contributed by atoms with van der Waals surface area (Å²) >= 11 is 0. The van der Waals surface area contributed by atoms with Gasteiger partial charge in [0.1, 0.15) is 0 Å². The first kappa shape index (κ1) is 18.6. The zero-order valence-corrected chi connectivity index (χ0v) is 14.4. The van der Waals surface area contributed by atoms with E-state index in [1.807, 2.05) is 0 Å². The summed E-state index contributed by atoms with van der Waals surface area (Å²) in [6, 6.07) is 4.09. The topological polar surface area (TPSA) is 60.9 Å². The van der Waals surface area contributed by atoms with E-state index in [0.717, 1.165) is 25.1 Å². The van der Waals surface area contributed by atoms with E-state index in [-0.39, 0.29) is 30.1 Å². The lowest BCUT2D eigenvalue weighted by atomic mass is 10.1. The maximum Gasteiger partial charge on any atom is 0.416 e. The number of β-amino-alcohol motifs (C(OH)–C–C–N with tert-alkyl or cyclic N) is 1. The van der Waals surface area contributed by atoms with Crippen LogP contribution in [0.15, 0.2) is 29.2 Å². The molecule has 2 saturated heterocycles. The highest BCUT2D eigenvalue weighted by molar-refractivity contribution is 7.89. The summed E-state index contributed by atoms with van der Waals surface area (Å²) in [5.74, 6) is 0. The SMILES string of the molecule is O=S(=O)(c1cccc(C(F)(F)F)c1)N1CCC(N2CC[C@H](O)C2)CC1. The summed E-state index contributed by atoms with van der Waals surface area (Å²) in [7, 11) is -3.94. The Morgan fingerprint density at radius 2 is 1.76 bits per heavy atom. The van der Waals surface area contributed by atoms with Crippen LogP contribution in [0.25, 0.3) is 0 Å². The normalized spacial score (nSPS) is 24.7. The zero-order valence-electron chi connectivity index (χ0n) is 13.6. The predicted octanol–water partition coefficient (Wildman–Crippen LogP) is 1.93. The van der Waals surface area contributed by atoms with E-state index >= 15 is 0 Å². The summed E-state index contributed by atoms with van der Waals surface area (Å²) in [4.78, 5) is 1.84. The fourth-order valence-corrected chi connectivity index (χ4v) is 5.05. The van der Waals surface area contributed by atoms with Gasteiger partial charge in [-0.1, -0.05) is 6.07 Å². The molecule has 0 radical (unpaired) electrons. The van der Waals surface area contributed by atoms with Crippen LogP contribution in [0, 0.1) is 0 Å². The Morgan fingerprint density at radius 3 is 2.32 bits per heavy atom. The molecule has 2 heterocycles. The zero-order chi connectivity index (χ0) is 18.2. The van der Waals surface area contributed by atoms with Crippen molar-refractivity contribution in [3.8, 4) is 0 Å². The lowest BCUT2D eigenvalue weighted by Gasteiger charge is -2.36. The number of hydrogen-bond donors (Lipinski definition) is 1. The van der Waals surface area contributed by atoms with Crippen LogP contribution in [0.4, 0.5) is 13.2 Å². The molecule has 2 fully saturated rings. The van der Waals surface area contributed by atoms with Crippen LogP contribution in [-0.2, 0) is 16.2 Å². The Balaban J connectivity index is 1.70. The smallest absolute Gasteiger partial charge is 0.392 e. The molecule has 0 aliphatic carbocycles. The molecule has 0 unspecified atom stereocenters. The Kier molecular flexibility index (Phi) is 5.11. The number of hydrogen-bond acceptors (Lipinski definition) is 4. The fraction of sp³-hybridized carbons (Fsp3) is 0.625. The van der Waals surface area contributed by atoms with Crippen molar-refractivity contribution >= 4 is 10.0 Å². The Bertz CT molecular complexity index is 716. The van der Waals surface area contributed by atoms with E-state index in [0.29, 0.717) is 25.5 Å². The number of aliphatic hydroxyl groups excluding tert-OH is 1. The molecule has 0 aromatic heterocycles. The van der Waals surface area contributed by atoms with Crippen LogP contribution in [0.2, 0.25) is 0 Å². The minimum atomic E-state index is -4.57. The molecule has 1 aromatic rings. The molecular weight excluding hydrogens is 357 g/mol. The molecule has 25 heavy (non-hydrogen) atoms. The molecule has 0 saturated carbocycles. The van der Waals surface area contributed by atoms with Gasteiger partial charge in [0.25, 0.3) is 0 Å². The van der Waals surface area contributed by atoms with Crippen LogP contribution >= 0.6 is 0 Å². The second-order valence-electron chi connectivity index (χ2n) is 6.60. The minimum absolute atomic E-state index is 0.213. The second kappa shape index (κ2) is 6.86. The van der Waals surface area contributed by atoms with Gasteiger partial charge in [-0.05, 0) is 37.5 Å². The van der Waals surface area contributed by atoms with Gasteiger partial charge in [-0.3, -0.25) is 4.90 Å². The average molecular weight is 378 g/mol. The highest BCUT2D eigenvalue weighted by atomic mass is 32.2. The molecule has 140 valence electrons. The number of halogens is 3. The van der Waals surface area contributed by atoms with Gasteiger partial charge in [-0.25, -0.2) is 8.42 Å². The monoisotopic (exact) mass is 378 g/mol. The number of piperidine rings is 1. The molecule has 1 aromatic carbocycles. The second-order valence-corrected chi connectivity index (χ2v) is 8.54. The molecule has 2 aliphatic rings. The lowest BCUT2D eigenvalue weighted by molar-refractivity contribution is -0.137. The van der Waals surface area contributed by atoms with Crippen molar-refractivity contribution in [2.75, 3.05) is 26.2 Å². The summed E-state index contributed by atoms with van der Waals surface area (Å²) < 4.78 is 65.0. The van der Waals surface area contributed by atoms with Gasteiger partial charge in [0.05, 0.1) is 16.6 Å². The summed E-state index contributed by atoms with van der Waals surface area (Å²) in [6.45, 7) is 1.95. The van der Waals surface area contributed by atoms with Crippen LogP contribution in [0.1, 0.15) is 24.8 Å². The molecule has 0 amide bonds. The fourth-order valence-electron chi connectivity index (χ4n) is 3.53. The molecule has 2 aliphatic heterocycles. The molecule has 9 heteroatoms. The third kappa shape index (κ3) is 3.99. The van der Waals surface area contributed by atoms with Gasteiger partial charge in [-0.15, -0.1) is 0 Å². The number of rotatable bonds is 3. The molecule has 0 spiro atoms. The van der Waals surface area contributed by atoms with Crippen LogP contribution in [0.3, 0.4) is 0 Å². The van der Waals surface area contributed by atoms with E-state index < -0.39 is 21.8 Å². The Labute approximate surface area is 145 Å². The molecule has 5 nitrogen and oxygen atoms in total. The Morgan fingerprint density at radius 1 is 1.08 bits per heavy atom. The summed E-state index contributed by atoms with van der Waals surface area (Å²) in [5, 5.41) is 9.61. The maximum atomic E-state index is 12.8. The maximum absolute atomic E-state index is 12.8. The van der Waals surface area contributed by atoms with E-state index in [1.165, 1.54) is 10.4 Å². The minimum Gasteiger partial charge on any atom is -0.392 e. The molecule has 1 N–H and O–H groups in total. The van der Waals surface area contributed by atoms with E-state index in [1.54, 1.807) is 0 Å². The number of sulfonamides is 1. The quantitative estimate of drug-likeness (QED) is 0.873. The van der Waals surface area contributed by atoms with Gasteiger partial charge in [0.2, 0.25) is 10.0 Å². The third-order valence-electron chi connectivity index (χ3n) is 4.93. The molecule has 1 atom stereocenters. The van der Waals surface area contributed by atoms with Crippen molar-refractivity contribution < 1.29 is 26.7 Å². The summed E-state index contributed by atoms with van der Waals surface area (Å²) in [6.07, 6.45) is -2.94. The van der Waals surface area contributed by atoms with Crippen molar-refractivity contribution in [2.24, 2.45) is 0 Å². The van der Waals surface area contributed by atoms with E-state index in [9.17, 15) is 26.7 Å². The standard InChI is InChI=1S/C16H21F3N2O3S/c17-16(18,19)12-2-1-3-15(10-12)25(23,24)21-8-4-13(5-9-21)20-7-6-14(22)11-20/h1-3,10,13-14,22H,4-9,11H2/t14-/m0/s1. The number of benzene rings is 1. The largest absolute Gasteiger partial charge is 0.416 e. The van der Waals surface area contributed by atoms with Crippen molar-refractivity contribution in [2.45, 2.75) is 42.5 Å². The first-order valence-electron chi connectivity index (χ1n) is 8.27. The van der Waals surface area contributed by atoms with Gasteiger partial charge >= 0.3 is 6.18 Å². The van der Waals surface area contributed by atoms with E-state index in [4.69, 9.17) is 0 Å². The first-order valence-corrected chi connectivity index (χ1v) is 9.71. The van der Waals surface area contributed by atoms with E-state index in [2.05, 4.69) is 4.90 Å². The van der Waals surface area contributed by atoms with Crippen molar-refractivity contribution in [3.63, 3.8) is 0 Å². The van der Waals surface area contributed by atoms with Crippen molar-refractivity contribution in [3.05, 3.63) is 29.8 Å². The third-order valence-corrected chi connectivity index (χ3v) is 6.83. The first-order chi connectivity index (χ1) is 11.7. The van der Waals surface area contributed by atoms with Gasteiger partial charge in [0.15, 0.2) is 0 Å². The molecule has 0 bridgehead atoms. The number of likely N-dealkylation sites (tertiary alicyclic amines) is 1. The van der Waals surface area contributed by atoms with Gasteiger partial charge < -0.3 is 5.11 Å². The van der Waals surface area contributed by atoms with Gasteiger partial charge in [0, 0.05) is 32.2 Å². The van der Waals surface area contributed by atoms with Crippen molar-refractivity contribution in [1.82, 2.24) is 9.21 Å². The van der Waals surface area contributed by atoms with Crippen LogP contribution < -0.4 is 0 Å². The summed E-state index contributed by atoms with van der Waals surface area (Å²) in [5.41, 5.74) is -0.963. The van der Waals surface area contributed by atoms with Crippen molar-refractivity contribution in [1.29, 1.82) is 0 Å². The number of aliphatic hydroxyl groups is 1. The van der Waals surface area contributed by atoms with Crippen LogP contribution in [-0.4, -0.2) is 61.1 Å². The number of alkyl halides is 3. The molecule has 3 rings (SSSR count). The predicted molar refractivity (Wildman–Crippen MR) is 85.4 cm³/mol. The highest BCUT2D eigenvalue weighted by Gasteiger charge is 2.36. The molecular formula is C16H21F3N2O3S. The highest BCUT2D eigenvalue weighted by Crippen LogP contribution is 2.32. The number of nitrogens with zero attached hydrogens (tertiary/aromatic N) is 2. The Hall–Kier alpha value is -1.16. The average Bonchev–Trinajstić information content (AvgIpc) is 3.01. The van der Waals surface area contributed by atoms with Crippen LogP contribution in [0.5, 0.6) is 0 Å².